The Morgan fingerprint density at radius 1 is 1.22 bits per heavy atom. The maximum Gasteiger partial charge on any atom is 0.0595 e. The van der Waals surface area contributed by atoms with Crippen molar-refractivity contribution < 1.29 is 0 Å². The lowest BCUT2D eigenvalue weighted by Gasteiger charge is -2.36. The predicted octanol–water partition coefficient (Wildman–Crippen LogP) is 5.74. The molecule has 0 radical (unpaired) electrons. The first-order chi connectivity index (χ1) is 8.63. The molecule has 3 heteroatoms. The molecule has 0 aromatic heterocycles. The molecular weight excluding hydrogens is 331 g/mol. The molecule has 2 bridgehead atoms. The van der Waals surface area contributed by atoms with E-state index >= 15 is 0 Å². The maximum atomic E-state index is 6.12. The third kappa shape index (κ3) is 2.23. The van der Waals surface area contributed by atoms with Gasteiger partial charge in [-0.25, -0.2) is 0 Å². The second kappa shape index (κ2) is 5.00. The molecule has 2 saturated carbocycles. The Balaban J connectivity index is 1.84. The van der Waals surface area contributed by atoms with E-state index in [1.165, 1.54) is 31.2 Å². The zero-order valence-electron chi connectivity index (χ0n) is 10.3. The Bertz CT molecular complexity index is 460. The Labute approximate surface area is 127 Å². The van der Waals surface area contributed by atoms with Crippen LogP contribution in [0.1, 0.15) is 31.2 Å². The van der Waals surface area contributed by atoms with Crippen molar-refractivity contribution in [3.63, 3.8) is 0 Å². The van der Waals surface area contributed by atoms with Gasteiger partial charge in [-0.3, -0.25) is 0 Å². The standard InChI is InChI=1S/C15H17BrCl2/c16-9-15(7-10-1-3-12(15)5-10)8-11-2-4-13(17)14(18)6-11/h2,4,6,10,12H,1,3,5,7-9H2. The molecule has 2 aliphatic carbocycles. The molecule has 1 aromatic rings. The van der Waals surface area contributed by atoms with E-state index in [1.54, 1.807) is 0 Å². The van der Waals surface area contributed by atoms with Crippen LogP contribution in [0.25, 0.3) is 0 Å². The summed E-state index contributed by atoms with van der Waals surface area (Å²) < 4.78 is 0. The SMILES string of the molecule is Clc1ccc(CC2(CBr)CC3CCC2C3)cc1Cl. The molecule has 0 nitrogen and oxygen atoms in total. The van der Waals surface area contributed by atoms with Crippen molar-refractivity contribution in [2.24, 2.45) is 17.3 Å². The minimum Gasteiger partial charge on any atom is -0.0922 e. The van der Waals surface area contributed by atoms with Gasteiger partial charge >= 0.3 is 0 Å². The van der Waals surface area contributed by atoms with Crippen molar-refractivity contribution in [1.29, 1.82) is 0 Å². The van der Waals surface area contributed by atoms with Gasteiger partial charge in [0.15, 0.2) is 0 Å². The molecule has 0 N–H and O–H groups in total. The summed E-state index contributed by atoms with van der Waals surface area (Å²) in [7, 11) is 0. The minimum absolute atomic E-state index is 0.458. The van der Waals surface area contributed by atoms with E-state index in [4.69, 9.17) is 23.2 Å². The van der Waals surface area contributed by atoms with Gasteiger partial charge in [-0.05, 0) is 60.6 Å². The lowest BCUT2D eigenvalue weighted by atomic mass is 9.71. The molecule has 0 amide bonds. The molecule has 2 fully saturated rings. The number of fused-ring (bicyclic) bond motifs is 2. The van der Waals surface area contributed by atoms with E-state index in [1.807, 2.05) is 12.1 Å². The van der Waals surface area contributed by atoms with Crippen molar-refractivity contribution in [2.45, 2.75) is 32.1 Å². The van der Waals surface area contributed by atoms with Gasteiger partial charge < -0.3 is 0 Å². The topological polar surface area (TPSA) is 0 Å². The van der Waals surface area contributed by atoms with Gasteiger partial charge in [-0.15, -0.1) is 0 Å². The highest BCUT2D eigenvalue weighted by Gasteiger charge is 2.49. The van der Waals surface area contributed by atoms with Crippen LogP contribution >= 0.6 is 39.1 Å². The van der Waals surface area contributed by atoms with Crippen molar-refractivity contribution in [3.8, 4) is 0 Å². The zero-order chi connectivity index (χ0) is 12.8. The smallest absolute Gasteiger partial charge is 0.0595 e. The first kappa shape index (κ1) is 13.3. The van der Waals surface area contributed by atoms with Gasteiger partial charge in [0.1, 0.15) is 0 Å². The Morgan fingerprint density at radius 2 is 2.06 bits per heavy atom. The third-order valence-corrected chi connectivity index (χ3v) is 6.76. The monoisotopic (exact) mass is 346 g/mol. The summed E-state index contributed by atoms with van der Waals surface area (Å²) in [6.07, 6.45) is 6.81. The van der Waals surface area contributed by atoms with Crippen LogP contribution in [-0.4, -0.2) is 5.33 Å². The average molecular weight is 348 g/mol. The van der Waals surface area contributed by atoms with E-state index in [0.717, 1.165) is 23.6 Å². The van der Waals surface area contributed by atoms with Crippen molar-refractivity contribution >= 4 is 39.1 Å². The summed E-state index contributed by atoms with van der Waals surface area (Å²) in [5, 5.41) is 2.45. The molecule has 1 aromatic carbocycles. The van der Waals surface area contributed by atoms with E-state index in [2.05, 4.69) is 22.0 Å². The fourth-order valence-electron chi connectivity index (χ4n) is 4.04. The van der Waals surface area contributed by atoms with Crippen LogP contribution in [0.4, 0.5) is 0 Å². The zero-order valence-corrected chi connectivity index (χ0v) is 13.4. The molecule has 98 valence electrons. The molecule has 18 heavy (non-hydrogen) atoms. The van der Waals surface area contributed by atoms with Crippen LogP contribution in [0.15, 0.2) is 18.2 Å². The molecule has 0 aliphatic heterocycles. The highest BCUT2D eigenvalue weighted by Crippen LogP contribution is 2.58. The Hall–Kier alpha value is 0.280. The fraction of sp³-hybridized carbons (Fsp3) is 0.600. The van der Waals surface area contributed by atoms with Crippen molar-refractivity contribution in [1.82, 2.24) is 0 Å². The van der Waals surface area contributed by atoms with Gasteiger partial charge in [-0.2, -0.15) is 0 Å². The van der Waals surface area contributed by atoms with Crippen LogP contribution < -0.4 is 0 Å². The van der Waals surface area contributed by atoms with Gasteiger partial charge in [0.25, 0.3) is 0 Å². The summed E-state index contributed by atoms with van der Waals surface area (Å²) in [6, 6.07) is 6.10. The third-order valence-electron chi connectivity index (χ3n) is 4.91. The molecule has 2 aliphatic rings. The number of hydrogen-bond acceptors (Lipinski definition) is 0. The largest absolute Gasteiger partial charge is 0.0922 e. The fourth-order valence-corrected chi connectivity index (χ4v) is 5.25. The van der Waals surface area contributed by atoms with Gasteiger partial charge in [-0.1, -0.05) is 51.6 Å². The second-order valence-electron chi connectivity index (χ2n) is 6.00. The second-order valence-corrected chi connectivity index (χ2v) is 7.38. The number of rotatable bonds is 3. The predicted molar refractivity (Wildman–Crippen MR) is 81.8 cm³/mol. The summed E-state index contributed by atoms with van der Waals surface area (Å²) >= 11 is 15.9. The molecule has 0 spiro atoms. The van der Waals surface area contributed by atoms with E-state index in [-0.39, 0.29) is 0 Å². The highest BCUT2D eigenvalue weighted by atomic mass is 79.9. The lowest BCUT2D eigenvalue weighted by Crippen LogP contribution is -2.32. The summed E-state index contributed by atoms with van der Waals surface area (Å²) in [5.74, 6) is 1.87. The van der Waals surface area contributed by atoms with E-state index in [0.29, 0.717) is 15.5 Å². The quantitative estimate of drug-likeness (QED) is 0.612. The normalized spacial score (nSPS) is 34.2. The van der Waals surface area contributed by atoms with Crippen molar-refractivity contribution in [2.75, 3.05) is 5.33 Å². The number of benzene rings is 1. The average Bonchev–Trinajstić information content (AvgIpc) is 2.94. The number of halogens is 3. The van der Waals surface area contributed by atoms with Crippen molar-refractivity contribution in [3.05, 3.63) is 33.8 Å². The Morgan fingerprint density at radius 3 is 2.61 bits per heavy atom. The molecule has 0 heterocycles. The van der Waals surface area contributed by atoms with Crippen LogP contribution in [0.3, 0.4) is 0 Å². The van der Waals surface area contributed by atoms with Crippen LogP contribution in [0.5, 0.6) is 0 Å². The summed E-state index contributed by atoms with van der Waals surface area (Å²) in [6.45, 7) is 0. The van der Waals surface area contributed by atoms with Gasteiger partial charge in [0.05, 0.1) is 10.0 Å². The summed E-state index contributed by atoms with van der Waals surface area (Å²) in [4.78, 5) is 0. The van der Waals surface area contributed by atoms with Gasteiger partial charge in [0.2, 0.25) is 0 Å². The van der Waals surface area contributed by atoms with Crippen LogP contribution in [0.2, 0.25) is 10.0 Å². The molecule has 3 atom stereocenters. The van der Waals surface area contributed by atoms with Crippen LogP contribution in [0, 0.1) is 17.3 Å². The van der Waals surface area contributed by atoms with E-state index in [9.17, 15) is 0 Å². The maximum absolute atomic E-state index is 6.12. The number of hydrogen-bond donors (Lipinski definition) is 0. The molecular formula is C15H17BrCl2. The first-order valence-electron chi connectivity index (χ1n) is 6.63. The molecule has 3 unspecified atom stereocenters. The Kier molecular flexibility index (Phi) is 3.68. The van der Waals surface area contributed by atoms with Gasteiger partial charge in [0, 0.05) is 5.33 Å². The minimum atomic E-state index is 0.458. The van der Waals surface area contributed by atoms with E-state index < -0.39 is 0 Å². The molecule has 0 saturated heterocycles. The summed E-state index contributed by atoms with van der Waals surface area (Å²) in [5.41, 5.74) is 1.79. The number of alkyl halides is 1. The first-order valence-corrected chi connectivity index (χ1v) is 8.50. The van der Waals surface area contributed by atoms with Crippen LogP contribution in [-0.2, 0) is 6.42 Å². The highest BCUT2D eigenvalue weighted by molar-refractivity contribution is 9.09. The lowest BCUT2D eigenvalue weighted by molar-refractivity contribution is 0.197. The molecule has 3 rings (SSSR count).